The molecule has 4 aliphatic rings. The molecule has 4 rings (SSSR count). The summed E-state index contributed by atoms with van der Waals surface area (Å²) >= 11 is 2.05. The maximum Gasteiger partial charge on any atom is 0.130 e. The lowest BCUT2D eigenvalue weighted by Crippen LogP contribution is -3.02. The smallest absolute Gasteiger partial charge is 0.130 e. The van der Waals surface area contributed by atoms with Crippen LogP contribution in [0.15, 0.2) is 11.4 Å². The maximum atomic E-state index is 6.55. The van der Waals surface area contributed by atoms with Crippen LogP contribution in [0.1, 0.15) is 0 Å². The lowest BCUT2D eigenvalue weighted by Gasteiger charge is -2.70. The summed E-state index contributed by atoms with van der Waals surface area (Å²) in [7, 11) is 0. The zero-order chi connectivity index (χ0) is 16.2. The zero-order valence-corrected chi connectivity index (χ0v) is 13.4. The minimum absolute atomic E-state index is 0.0992. The zero-order valence-electron chi connectivity index (χ0n) is 11.3. The van der Waals surface area contributed by atoms with E-state index in [0.29, 0.717) is 0 Å². The molecule has 0 aromatic heterocycles. The molecule has 0 aromatic rings. The summed E-state index contributed by atoms with van der Waals surface area (Å²) in [5.74, 6) is 0. The molecule has 8 unspecified atom stereocenters. The van der Waals surface area contributed by atoms with E-state index in [1.165, 1.54) is 0 Å². The molecule has 0 aromatic carbocycles. The Balaban J connectivity index is 2.46. The van der Waals surface area contributed by atoms with E-state index >= 15 is 0 Å². The largest absolute Gasteiger partial charge is 0.399 e. The maximum absolute atomic E-state index is 6.55. The number of nitrogens with two attached hydrogens (primary N) is 9. The summed E-state index contributed by atoms with van der Waals surface area (Å²) in [6, 6.07) is -0.711. The van der Waals surface area contributed by atoms with Crippen molar-refractivity contribution >= 4 is 22.6 Å². The van der Waals surface area contributed by atoms with Gasteiger partial charge in [-0.25, -0.2) is 0 Å². The Kier molecular flexibility index (Phi) is 2.83. The molecule has 21 heavy (non-hydrogen) atoms. The Labute approximate surface area is 135 Å². The van der Waals surface area contributed by atoms with E-state index in [2.05, 4.69) is 22.6 Å². The van der Waals surface area contributed by atoms with Gasteiger partial charge in [0.15, 0.2) is 0 Å². The summed E-state index contributed by atoms with van der Waals surface area (Å²) in [5.41, 5.74) is 51.1. The van der Waals surface area contributed by atoms with Gasteiger partial charge in [-0.15, -0.1) is 0 Å². The number of rotatable bonds is 0. The first-order valence-electron chi connectivity index (χ1n) is 6.41. The summed E-state index contributed by atoms with van der Waals surface area (Å²) in [4.78, 5) is 0. The molecule has 11 heteroatoms. The van der Waals surface area contributed by atoms with Crippen molar-refractivity contribution in [2.24, 2.45) is 51.6 Å². The molecule has 0 radical (unpaired) electrons. The van der Waals surface area contributed by atoms with Gasteiger partial charge in [0, 0.05) is 6.04 Å². The molecule has 1 aliphatic heterocycles. The molecule has 1 saturated heterocycles. The third-order valence-corrected chi connectivity index (χ3v) is 7.46. The fourth-order valence-electron chi connectivity index (χ4n) is 4.24. The highest BCUT2D eigenvalue weighted by Gasteiger charge is 2.85. The minimum atomic E-state index is -1.55. The van der Waals surface area contributed by atoms with Crippen molar-refractivity contribution < 1.29 is 4.74 Å². The number of ether oxygens (including phenoxy) is 1. The van der Waals surface area contributed by atoms with Gasteiger partial charge in [-0.1, -0.05) is 22.6 Å². The third kappa shape index (κ3) is 1.11. The van der Waals surface area contributed by atoms with Gasteiger partial charge < -0.3 is 56.3 Å². The topological polar surface area (TPSA) is 243 Å². The van der Waals surface area contributed by atoms with Gasteiger partial charge in [-0.05, 0) is 0 Å². The lowest BCUT2D eigenvalue weighted by molar-refractivity contribution is 0.00363. The van der Waals surface area contributed by atoms with E-state index in [-0.39, 0.29) is 11.4 Å². The summed E-state index contributed by atoms with van der Waals surface area (Å²) in [6.07, 6.45) is -2.13. The fourth-order valence-corrected chi connectivity index (χ4v) is 5.65. The highest BCUT2D eigenvalue weighted by atomic mass is 127. The highest BCUT2D eigenvalue weighted by molar-refractivity contribution is 14.1. The van der Waals surface area contributed by atoms with Crippen LogP contribution >= 0.6 is 22.6 Å². The predicted octanol–water partition coefficient (Wildman–Crippen LogP) is -5.34. The van der Waals surface area contributed by atoms with Crippen LogP contribution in [0.2, 0.25) is 0 Å². The summed E-state index contributed by atoms with van der Waals surface area (Å²) in [6.45, 7) is 0. The van der Waals surface area contributed by atoms with Gasteiger partial charge in [0.05, 0.1) is 26.4 Å². The molecule has 0 amide bonds. The van der Waals surface area contributed by atoms with Crippen molar-refractivity contribution in [1.82, 2.24) is 0 Å². The van der Waals surface area contributed by atoms with E-state index in [0.717, 1.165) is 0 Å². The van der Waals surface area contributed by atoms with E-state index in [1.807, 2.05) is 0 Å². The van der Waals surface area contributed by atoms with Crippen LogP contribution in [0, 0.1) is 0 Å². The highest BCUT2D eigenvalue weighted by Crippen LogP contribution is 2.59. The molecule has 18 N–H and O–H groups in total. The first kappa shape index (κ1) is 15.6. The Morgan fingerprint density at radius 3 is 1.67 bits per heavy atom. The molecule has 3 aliphatic carbocycles. The quantitative estimate of drug-likeness (QED) is 0.135. The number of fused-ring (bicyclic) bond motifs is 1. The van der Waals surface area contributed by atoms with Crippen LogP contribution in [0.4, 0.5) is 0 Å². The summed E-state index contributed by atoms with van der Waals surface area (Å²) < 4.78 is 5.02. The molecular formula is C10H22IN9O. The van der Waals surface area contributed by atoms with Crippen molar-refractivity contribution in [1.29, 1.82) is 0 Å². The van der Waals surface area contributed by atoms with Gasteiger partial charge in [0.1, 0.15) is 23.5 Å². The van der Waals surface area contributed by atoms with Crippen LogP contribution < -0.4 is 51.6 Å². The van der Waals surface area contributed by atoms with E-state index in [9.17, 15) is 0 Å². The van der Waals surface area contributed by atoms with Gasteiger partial charge in [0.25, 0.3) is 0 Å². The van der Waals surface area contributed by atoms with Crippen LogP contribution in [-0.2, 0) is 4.74 Å². The summed E-state index contributed by atoms with van der Waals surface area (Å²) in [5, 5.41) is 0. The number of halogens is 1. The van der Waals surface area contributed by atoms with Crippen molar-refractivity contribution in [2.75, 3.05) is 0 Å². The lowest BCUT2D eigenvalue weighted by atomic mass is 9.43. The van der Waals surface area contributed by atoms with Crippen LogP contribution in [0.25, 0.3) is 0 Å². The van der Waals surface area contributed by atoms with Crippen molar-refractivity contribution in [2.45, 2.75) is 44.6 Å². The van der Waals surface area contributed by atoms with E-state index in [1.54, 1.807) is 0 Å². The molecule has 0 spiro atoms. The second kappa shape index (κ2) is 3.80. The second-order valence-electron chi connectivity index (χ2n) is 6.21. The molecule has 8 atom stereocenters. The average Bonchev–Trinajstić information content (AvgIpc) is 2.62. The Bertz CT molecular complexity index is 513. The molecule has 1 heterocycles. The second-order valence-corrected chi connectivity index (χ2v) is 7.55. The Morgan fingerprint density at radius 1 is 0.810 bits per heavy atom. The number of alkyl halides is 1. The van der Waals surface area contributed by atoms with Gasteiger partial charge >= 0.3 is 0 Å². The molecular weight excluding hydrogens is 389 g/mol. The Hall–Kier alpha value is -0.250. The molecule has 2 bridgehead atoms. The van der Waals surface area contributed by atoms with Crippen LogP contribution in [-0.4, -0.2) is 44.6 Å². The van der Waals surface area contributed by atoms with Crippen LogP contribution in [0.5, 0.6) is 0 Å². The predicted molar refractivity (Wildman–Crippen MR) is 85.9 cm³/mol. The SMILES string of the molecule is NC1=C(N)C2(N)C(I)C(N)C1(N)C1(N)C(N)OC(N)C21N. The van der Waals surface area contributed by atoms with Crippen molar-refractivity contribution in [3.8, 4) is 0 Å². The normalized spacial score (nSPS) is 63.0. The monoisotopic (exact) mass is 411 g/mol. The first-order valence-corrected chi connectivity index (χ1v) is 7.66. The average molecular weight is 411 g/mol. The van der Waals surface area contributed by atoms with Crippen LogP contribution in [0.3, 0.4) is 0 Å². The molecule has 1 saturated carbocycles. The molecule has 120 valence electrons. The van der Waals surface area contributed by atoms with Crippen molar-refractivity contribution in [3.05, 3.63) is 11.4 Å². The number of hydrogen-bond donors (Lipinski definition) is 9. The standard InChI is InChI=1S/C10H22IN9O/c11-1-2(12)8(18)4(14)3(13)7(1,17)9(19)5(15)21-6(16)10(8,9)20/h1-2,5-6H,12-20H2. The number of hydrogen-bond acceptors (Lipinski definition) is 10. The van der Waals surface area contributed by atoms with Gasteiger partial charge in [0.2, 0.25) is 0 Å². The van der Waals surface area contributed by atoms with Gasteiger partial charge in [-0.3, -0.25) is 0 Å². The molecule has 2 fully saturated rings. The fraction of sp³-hybridized carbons (Fsp3) is 0.800. The van der Waals surface area contributed by atoms with E-state index in [4.69, 9.17) is 56.3 Å². The third-order valence-electron chi connectivity index (χ3n) is 5.70. The van der Waals surface area contributed by atoms with Gasteiger partial charge in [-0.2, -0.15) is 0 Å². The molecule has 10 nitrogen and oxygen atoms in total. The van der Waals surface area contributed by atoms with Crippen molar-refractivity contribution in [3.63, 3.8) is 0 Å². The Morgan fingerprint density at radius 2 is 1.19 bits per heavy atom. The van der Waals surface area contributed by atoms with E-state index < -0.39 is 44.6 Å². The first-order chi connectivity index (χ1) is 9.43. The minimum Gasteiger partial charge on any atom is -0.399 e.